The van der Waals surface area contributed by atoms with Gasteiger partial charge in [0.15, 0.2) is 0 Å². The van der Waals surface area contributed by atoms with Crippen LogP contribution >= 0.6 is 0 Å². The lowest BCUT2D eigenvalue weighted by atomic mass is 10.1. The third-order valence-electron chi connectivity index (χ3n) is 1.42. The Hall–Kier alpha value is -0.630. The summed E-state index contributed by atoms with van der Waals surface area (Å²) in [6.07, 6.45) is 7.35. The molecule has 2 heteroatoms. The number of hydrogen-bond acceptors (Lipinski definition) is 2. The van der Waals surface area contributed by atoms with Gasteiger partial charge < -0.3 is 5.73 Å². The minimum Gasteiger partial charge on any atom is -0.330 e. The van der Waals surface area contributed by atoms with Gasteiger partial charge in [0.2, 0.25) is 0 Å². The smallest absolute Gasteiger partial charge is 0.0277 e. The summed E-state index contributed by atoms with van der Waals surface area (Å²) in [6, 6.07) is 0. The number of rotatable bonds is 5. The van der Waals surface area contributed by atoms with Crippen LogP contribution in [0.15, 0.2) is 16.6 Å². The van der Waals surface area contributed by atoms with E-state index in [1.165, 1.54) is 12.0 Å². The summed E-state index contributed by atoms with van der Waals surface area (Å²) in [5, 5.41) is 0. The lowest BCUT2D eigenvalue weighted by Gasteiger charge is -1.97. The highest BCUT2D eigenvalue weighted by atomic mass is 14.6. The molecule has 11 heavy (non-hydrogen) atoms. The number of hydrogen-bond donors (Lipinski definition) is 1. The van der Waals surface area contributed by atoms with Gasteiger partial charge in [0.1, 0.15) is 0 Å². The van der Waals surface area contributed by atoms with E-state index in [4.69, 9.17) is 5.73 Å². The van der Waals surface area contributed by atoms with Gasteiger partial charge in [-0.05, 0) is 25.0 Å². The summed E-state index contributed by atoms with van der Waals surface area (Å²) < 4.78 is 0. The highest BCUT2D eigenvalue weighted by molar-refractivity contribution is 5.78. The number of nitrogens with zero attached hydrogens (tertiary/aromatic N) is 1. The molecule has 2 nitrogen and oxygen atoms in total. The van der Waals surface area contributed by atoms with Crippen LogP contribution < -0.4 is 5.73 Å². The number of aliphatic imine (C=N–C) groups is 1. The fourth-order valence-electron chi connectivity index (χ4n) is 0.882. The Morgan fingerprint density at radius 1 is 1.55 bits per heavy atom. The first-order valence-corrected chi connectivity index (χ1v) is 4.16. The van der Waals surface area contributed by atoms with Gasteiger partial charge in [0.05, 0.1) is 0 Å². The molecule has 0 heterocycles. The van der Waals surface area contributed by atoms with Crippen LogP contribution in [0.2, 0.25) is 0 Å². The summed E-state index contributed by atoms with van der Waals surface area (Å²) in [4.78, 5) is 3.96. The van der Waals surface area contributed by atoms with Crippen molar-refractivity contribution >= 4 is 6.21 Å². The van der Waals surface area contributed by atoms with Crippen molar-refractivity contribution in [2.45, 2.75) is 26.2 Å². The molecule has 0 radical (unpaired) electrons. The molecule has 0 saturated carbocycles. The first-order chi connectivity index (χ1) is 5.35. The highest BCUT2D eigenvalue weighted by Gasteiger charge is 1.89. The molecule has 0 unspecified atom stereocenters. The summed E-state index contributed by atoms with van der Waals surface area (Å²) in [5.74, 6) is 0. The Labute approximate surface area is 69.2 Å². The highest BCUT2D eigenvalue weighted by Crippen LogP contribution is 2.00. The van der Waals surface area contributed by atoms with Gasteiger partial charge in [0.25, 0.3) is 0 Å². The first-order valence-electron chi connectivity index (χ1n) is 4.16. The summed E-state index contributed by atoms with van der Waals surface area (Å²) in [7, 11) is 1.79. The lowest BCUT2D eigenvalue weighted by molar-refractivity contribution is 0.927. The van der Waals surface area contributed by atoms with E-state index < -0.39 is 0 Å². The predicted octanol–water partition coefficient (Wildman–Crippen LogP) is 1.76. The minimum atomic E-state index is 0.710. The molecule has 0 bridgehead atoms. The van der Waals surface area contributed by atoms with Crippen molar-refractivity contribution in [2.75, 3.05) is 13.6 Å². The van der Waals surface area contributed by atoms with E-state index in [1.54, 1.807) is 7.05 Å². The van der Waals surface area contributed by atoms with Crippen molar-refractivity contribution < 1.29 is 0 Å². The van der Waals surface area contributed by atoms with Gasteiger partial charge in [-0.15, -0.1) is 0 Å². The summed E-state index contributed by atoms with van der Waals surface area (Å²) in [6.45, 7) is 2.88. The third kappa shape index (κ3) is 5.80. The Bertz CT molecular complexity index is 136. The van der Waals surface area contributed by atoms with E-state index in [1.807, 2.05) is 6.21 Å². The van der Waals surface area contributed by atoms with Crippen LogP contribution in [0.3, 0.4) is 0 Å². The molecular formula is C9H18N2. The molecule has 0 aliphatic rings. The molecule has 0 spiro atoms. The lowest BCUT2D eigenvalue weighted by Crippen LogP contribution is -2.01. The number of unbranched alkanes of at least 4 members (excludes halogenated alkanes) is 1. The third-order valence-corrected chi connectivity index (χ3v) is 1.42. The second-order valence-corrected chi connectivity index (χ2v) is 2.49. The van der Waals surface area contributed by atoms with Crippen LogP contribution in [0.25, 0.3) is 0 Å². The van der Waals surface area contributed by atoms with Crippen LogP contribution in [0, 0.1) is 0 Å². The van der Waals surface area contributed by atoms with E-state index in [-0.39, 0.29) is 0 Å². The zero-order valence-electron chi connectivity index (χ0n) is 7.51. The van der Waals surface area contributed by atoms with E-state index in [2.05, 4.69) is 18.0 Å². The van der Waals surface area contributed by atoms with Crippen LogP contribution in [-0.2, 0) is 0 Å². The summed E-state index contributed by atoms with van der Waals surface area (Å²) in [5.41, 5.74) is 6.69. The standard InChI is InChI=1S/C9H18N2/c1-3-4-5-9(6-7-10)8-11-2/h5,8H,3-4,6-7,10H2,1-2H3/b9-5-,11-8-. The maximum Gasteiger partial charge on any atom is 0.0277 e. The number of nitrogens with two attached hydrogens (primary N) is 1. The monoisotopic (exact) mass is 154 g/mol. The van der Waals surface area contributed by atoms with Crippen LogP contribution in [0.4, 0.5) is 0 Å². The average molecular weight is 154 g/mol. The van der Waals surface area contributed by atoms with Crippen molar-refractivity contribution in [3.05, 3.63) is 11.6 Å². The van der Waals surface area contributed by atoms with Crippen molar-refractivity contribution in [2.24, 2.45) is 10.7 Å². The van der Waals surface area contributed by atoms with E-state index in [0.717, 1.165) is 12.8 Å². The summed E-state index contributed by atoms with van der Waals surface area (Å²) >= 11 is 0. The Kier molecular flexibility index (Phi) is 7.05. The molecule has 2 N–H and O–H groups in total. The molecule has 64 valence electrons. The Morgan fingerprint density at radius 3 is 2.73 bits per heavy atom. The second-order valence-electron chi connectivity index (χ2n) is 2.49. The molecule has 0 fully saturated rings. The van der Waals surface area contributed by atoms with E-state index in [9.17, 15) is 0 Å². The van der Waals surface area contributed by atoms with Crippen LogP contribution in [-0.4, -0.2) is 19.8 Å². The average Bonchev–Trinajstić information content (AvgIpc) is 2.01. The quantitative estimate of drug-likeness (QED) is 0.602. The topological polar surface area (TPSA) is 38.4 Å². The molecule has 0 atom stereocenters. The van der Waals surface area contributed by atoms with E-state index in [0.29, 0.717) is 6.54 Å². The Morgan fingerprint density at radius 2 is 2.27 bits per heavy atom. The van der Waals surface area contributed by atoms with Gasteiger partial charge in [0, 0.05) is 13.3 Å². The fourth-order valence-corrected chi connectivity index (χ4v) is 0.882. The molecule has 0 aliphatic carbocycles. The molecular weight excluding hydrogens is 136 g/mol. The van der Waals surface area contributed by atoms with Gasteiger partial charge in [-0.1, -0.05) is 19.4 Å². The minimum absolute atomic E-state index is 0.710. The number of allylic oxidation sites excluding steroid dienone is 1. The molecule has 0 aliphatic heterocycles. The van der Waals surface area contributed by atoms with Crippen molar-refractivity contribution in [1.29, 1.82) is 0 Å². The van der Waals surface area contributed by atoms with Gasteiger partial charge in [-0.2, -0.15) is 0 Å². The maximum absolute atomic E-state index is 5.43. The normalized spacial score (nSPS) is 12.8. The molecule has 0 aromatic heterocycles. The van der Waals surface area contributed by atoms with Gasteiger partial charge in [-0.25, -0.2) is 0 Å². The molecule has 0 amide bonds. The SMILES string of the molecule is CCC/C=C(\C=N/C)CCN. The zero-order chi connectivity index (χ0) is 8.53. The van der Waals surface area contributed by atoms with Crippen molar-refractivity contribution in [3.8, 4) is 0 Å². The molecule has 0 saturated heterocycles. The Balaban J connectivity index is 3.86. The first kappa shape index (κ1) is 10.4. The van der Waals surface area contributed by atoms with Gasteiger partial charge >= 0.3 is 0 Å². The van der Waals surface area contributed by atoms with Gasteiger partial charge in [-0.3, -0.25) is 4.99 Å². The largest absolute Gasteiger partial charge is 0.330 e. The fraction of sp³-hybridized carbons (Fsp3) is 0.667. The van der Waals surface area contributed by atoms with Crippen LogP contribution in [0.5, 0.6) is 0 Å². The molecule has 0 aromatic carbocycles. The second kappa shape index (κ2) is 7.48. The molecule has 0 aromatic rings. The predicted molar refractivity (Wildman–Crippen MR) is 51.1 cm³/mol. The van der Waals surface area contributed by atoms with Crippen LogP contribution in [0.1, 0.15) is 26.2 Å². The van der Waals surface area contributed by atoms with Crippen molar-refractivity contribution in [1.82, 2.24) is 0 Å². The zero-order valence-corrected chi connectivity index (χ0v) is 7.51. The van der Waals surface area contributed by atoms with Crippen molar-refractivity contribution in [3.63, 3.8) is 0 Å². The molecule has 0 rings (SSSR count). The van der Waals surface area contributed by atoms with E-state index >= 15 is 0 Å². The maximum atomic E-state index is 5.43.